The van der Waals surface area contributed by atoms with E-state index in [1.807, 2.05) is 35.2 Å². The minimum absolute atomic E-state index is 0.0646. The monoisotopic (exact) mass is 248 g/mol. The Balaban J connectivity index is 1.84. The summed E-state index contributed by atoms with van der Waals surface area (Å²) in [5, 5.41) is 0. The van der Waals surface area contributed by atoms with Crippen LogP contribution < -0.4 is 10.5 Å². The second-order valence-corrected chi connectivity index (χ2v) is 4.56. The lowest BCUT2D eigenvalue weighted by atomic mass is 10.1. The number of hydrogen-bond donors (Lipinski definition) is 1. The first-order chi connectivity index (χ1) is 8.81. The third-order valence-corrected chi connectivity index (χ3v) is 3.30. The molecule has 0 radical (unpaired) electrons. The molecule has 1 amide bonds. The Hall–Kier alpha value is -1.55. The molecular weight excluding hydrogens is 228 g/mol. The summed E-state index contributed by atoms with van der Waals surface area (Å²) in [6, 6.07) is 9.73. The highest BCUT2D eigenvalue weighted by atomic mass is 16.5. The van der Waals surface area contributed by atoms with E-state index in [2.05, 4.69) is 0 Å². The highest BCUT2D eigenvalue weighted by molar-refractivity contribution is 5.78. The van der Waals surface area contributed by atoms with Crippen molar-refractivity contribution in [3.8, 4) is 5.75 Å². The normalized spacial score (nSPS) is 18.9. The van der Waals surface area contributed by atoms with Gasteiger partial charge in [0, 0.05) is 12.6 Å². The highest BCUT2D eigenvalue weighted by Gasteiger charge is 2.27. The van der Waals surface area contributed by atoms with Gasteiger partial charge in [-0.05, 0) is 37.9 Å². The van der Waals surface area contributed by atoms with E-state index in [1.165, 1.54) is 0 Å². The van der Waals surface area contributed by atoms with Crippen LogP contribution in [-0.4, -0.2) is 36.5 Å². The molecular formula is C14H20N2O2. The fourth-order valence-corrected chi connectivity index (χ4v) is 2.40. The van der Waals surface area contributed by atoms with Gasteiger partial charge in [-0.15, -0.1) is 0 Å². The Labute approximate surface area is 108 Å². The molecule has 1 saturated heterocycles. The third kappa shape index (κ3) is 3.23. The SMILES string of the molecule is NCCC1CCCN1C(=O)COc1ccccc1. The van der Waals surface area contributed by atoms with Gasteiger partial charge in [0.25, 0.3) is 5.91 Å². The lowest BCUT2D eigenvalue weighted by Crippen LogP contribution is -2.39. The van der Waals surface area contributed by atoms with Crippen LogP contribution in [0.2, 0.25) is 0 Å². The van der Waals surface area contributed by atoms with Gasteiger partial charge in [0.15, 0.2) is 6.61 Å². The van der Waals surface area contributed by atoms with Crippen LogP contribution >= 0.6 is 0 Å². The zero-order valence-corrected chi connectivity index (χ0v) is 10.5. The molecule has 0 aromatic heterocycles. The molecule has 2 N–H and O–H groups in total. The van der Waals surface area contributed by atoms with Gasteiger partial charge in [-0.3, -0.25) is 4.79 Å². The number of carbonyl (C=O) groups excluding carboxylic acids is 1. The lowest BCUT2D eigenvalue weighted by Gasteiger charge is -2.24. The number of nitrogens with zero attached hydrogens (tertiary/aromatic N) is 1. The van der Waals surface area contributed by atoms with Crippen molar-refractivity contribution < 1.29 is 9.53 Å². The van der Waals surface area contributed by atoms with Crippen LogP contribution in [0.25, 0.3) is 0 Å². The Morgan fingerprint density at radius 2 is 2.17 bits per heavy atom. The first-order valence-electron chi connectivity index (χ1n) is 6.48. The van der Waals surface area contributed by atoms with E-state index < -0.39 is 0 Å². The van der Waals surface area contributed by atoms with Crippen molar-refractivity contribution in [3.05, 3.63) is 30.3 Å². The van der Waals surface area contributed by atoms with Crippen LogP contribution in [0.1, 0.15) is 19.3 Å². The van der Waals surface area contributed by atoms with Gasteiger partial charge in [0.05, 0.1) is 0 Å². The molecule has 1 fully saturated rings. The molecule has 4 heteroatoms. The summed E-state index contributed by atoms with van der Waals surface area (Å²) in [6.07, 6.45) is 3.02. The van der Waals surface area contributed by atoms with E-state index in [9.17, 15) is 4.79 Å². The minimum atomic E-state index is 0.0646. The fraction of sp³-hybridized carbons (Fsp3) is 0.500. The van der Waals surface area contributed by atoms with Gasteiger partial charge in [-0.25, -0.2) is 0 Å². The molecule has 0 spiro atoms. The highest BCUT2D eigenvalue weighted by Crippen LogP contribution is 2.20. The second-order valence-electron chi connectivity index (χ2n) is 4.56. The van der Waals surface area contributed by atoms with E-state index in [0.717, 1.165) is 31.6 Å². The summed E-state index contributed by atoms with van der Waals surface area (Å²) >= 11 is 0. The van der Waals surface area contributed by atoms with Crippen molar-refractivity contribution in [1.82, 2.24) is 4.90 Å². The van der Waals surface area contributed by atoms with Gasteiger partial charge in [0.2, 0.25) is 0 Å². The Morgan fingerprint density at radius 3 is 2.89 bits per heavy atom. The van der Waals surface area contributed by atoms with Crippen molar-refractivity contribution >= 4 is 5.91 Å². The number of amides is 1. The first kappa shape index (κ1) is 12.9. The van der Waals surface area contributed by atoms with E-state index in [4.69, 9.17) is 10.5 Å². The van der Waals surface area contributed by atoms with Crippen LogP contribution in [0.4, 0.5) is 0 Å². The summed E-state index contributed by atoms with van der Waals surface area (Å²) in [5.41, 5.74) is 5.57. The molecule has 1 atom stereocenters. The van der Waals surface area contributed by atoms with Crippen molar-refractivity contribution in [1.29, 1.82) is 0 Å². The average molecular weight is 248 g/mol. The minimum Gasteiger partial charge on any atom is -0.484 e. The Kier molecular flexibility index (Phi) is 4.59. The number of para-hydroxylation sites is 1. The maximum Gasteiger partial charge on any atom is 0.260 e. The van der Waals surface area contributed by atoms with E-state index >= 15 is 0 Å². The molecule has 18 heavy (non-hydrogen) atoms. The standard InChI is InChI=1S/C14H20N2O2/c15-9-8-12-5-4-10-16(12)14(17)11-18-13-6-2-1-3-7-13/h1-3,6-7,12H,4-5,8-11,15H2. The number of nitrogens with two attached hydrogens (primary N) is 1. The number of hydrogen-bond acceptors (Lipinski definition) is 3. The van der Waals surface area contributed by atoms with Gasteiger partial charge in [-0.2, -0.15) is 0 Å². The quantitative estimate of drug-likeness (QED) is 0.857. The number of carbonyl (C=O) groups is 1. The molecule has 1 unspecified atom stereocenters. The molecule has 1 aromatic rings. The smallest absolute Gasteiger partial charge is 0.260 e. The van der Waals surface area contributed by atoms with E-state index in [0.29, 0.717) is 12.6 Å². The van der Waals surface area contributed by atoms with Gasteiger partial charge in [0.1, 0.15) is 5.75 Å². The molecule has 0 saturated carbocycles. The molecule has 4 nitrogen and oxygen atoms in total. The van der Waals surface area contributed by atoms with Crippen LogP contribution in [0.5, 0.6) is 5.75 Å². The summed E-state index contributed by atoms with van der Waals surface area (Å²) in [5.74, 6) is 0.801. The van der Waals surface area contributed by atoms with Gasteiger partial charge in [-0.1, -0.05) is 18.2 Å². The maximum atomic E-state index is 12.1. The molecule has 0 aliphatic carbocycles. The van der Waals surface area contributed by atoms with E-state index in [-0.39, 0.29) is 12.5 Å². The summed E-state index contributed by atoms with van der Waals surface area (Å²) in [4.78, 5) is 14.0. The summed E-state index contributed by atoms with van der Waals surface area (Å²) < 4.78 is 5.48. The van der Waals surface area contributed by atoms with Gasteiger partial charge < -0.3 is 15.4 Å². The summed E-state index contributed by atoms with van der Waals surface area (Å²) in [6.45, 7) is 1.58. The number of benzene rings is 1. The number of likely N-dealkylation sites (tertiary alicyclic amines) is 1. The molecule has 1 aliphatic rings. The Morgan fingerprint density at radius 1 is 1.39 bits per heavy atom. The second kappa shape index (κ2) is 6.40. The predicted molar refractivity (Wildman–Crippen MR) is 70.3 cm³/mol. The lowest BCUT2D eigenvalue weighted by molar-refractivity contribution is -0.134. The van der Waals surface area contributed by atoms with Crippen molar-refractivity contribution in [2.24, 2.45) is 5.73 Å². The summed E-state index contributed by atoms with van der Waals surface area (Å²) in [7, 11) is 0. The van der Waals surface area contributed by atoms with Crippen molar-refractivity contribution in [2.45, 2.75) is 25.3 Å². The molecule has 1 heterocycles. The third-order valence-electron chi connectivity index (χ3n) is 3.30. The van der Waals surface area contributed by atoms with Crippen LogP contribution in [0.3, 0.4) is 0 Å². The Bertz CT molecular complexity index is 381. The molecule has 1 aliphatic heterocycles. The van der Waals surface area contributed by atoms with Crippen LogP contribution in [0, 0.1) is 0 Å². The fourth-order valence-electron chi connectivity index (χ4n) is 2.40. The number of rotatable bonds is 5. The van der Waals surface area contributed by atoms with E-state index in [1.54, 1.807) is 0 Å². The average Bonchev–Trinajstić information content (AvgIpc) is 2.86. The predicted octanol–water partition coefficient (Wildman–Crippen LogP) is 1.41. The topological polar surface area (TPSA) is 55.6 Å². The van der Waals surface area contributed by atoms with Crippen molar-refractivity contribution in [2.75, 3.05) is 19.7 Å². The largest absolute Gasteiger partial charge is 0.484 e. The van der Waals surface area contributed by atoms with Crippen LogP contribution in [-0.2, 0) is 4.79 Å². The zero-order chi connectivity index (χ0) is 12.8. The molecule has 0 bridgehead atoms. The van der Waals surface area contributed by atoms with Crippen molar-refractivity contribution in [3.63, 3.8) is 0 Å². The van der Waals surface area contributed by atoms with Gasteiger partial charge >= 0.3 is 0 Å². The molecule has 2 rings (SSSR count). The first-order valence-corrected chi connectivity index (χ1v) is 6.48. The molecule has 98 valence electrons. The molecule has 1 aromatic carbocycles. The zero-order valence-electron chi connectivity index (χ0n) is 10.5. The van der Waals surface area contributed by atoms with Crippen LogP contribution in [0.15, 0.2) is 30.3 Å². The number of ether oxygens (including phenoxy) is 1. The maximum absolute atomic E-state index is 12.1.